The minimum Gasteiger partial charge on any atom is -0.496 e. The van der Waals surface area contributed by atoms with Crippen LogP contribution >= 0.6 is 15.9 Å². The summed E-state index contributed by atoms with van der Waals surface area (Å²) >= 11 is 3.35. The molecule has 0 unspecified atom stereocenters. The van der Waals surface area contributed by atoms with Crippen LogP contribution < -0.4 is 4.74 Å². The molecule has 0 N–H and O–H groups in total. The number of nitrogens with zero attached hydrogens (tertiary/aromatic N) is 1. The Balaban J connectivity index is 2.34. The summed E-state index contributed by atoms with van der Waals surface area (Å²) in [5, 5.41) is 0. The summed E-state index contributed by atoms with van der Waals surface area (Å²) < 4.78 is 33.4. The van der Waals surface area contributed by atoms with E-state index in [-0.39, 0.29) is 6.04 Å². The van der Waals surface area contributed by atoms with E-state index in [2.05, 4.69) is 15.9 Å². The predicted molar refractivity (Wildman–Crippen MR) is 87.1 cm³/mol. The average Bonchev–Trinajstić information content (AvgIpc) is 2.49. The second-order valence-electron chi connectivity index (χ2n) is 5.30. The molecule has 4 nitrogen and oxygen atoms in total. The lowest BCUT2D eigenvalue weighted by molar-refractivity contribution is 0.261. The van der Waals surface area contributed by atoms with Crippen LogP contribution in [-0.2, 0) is 10.0 Å². The van der Waals surface area contributed by atoms with Crippen molar-refractivity contribution in [1.29, 1.82) is 0 Å². The van der Waals surface area contributed by atoms with Crippen molar-refractivity contribution in [2.24, 2.45) is 0 Å². The lowest BCUT2D eigenvalue weighted by atomic mass is 9.95. The van der Waals surface area contributed by atoms with Gasteiger partial charge in [0.05, 0.1) is 16.5 Å². The molecule has 1 saturated carbocycles. The molecule has 0 radical (unpaired) electrons. The van der Waals surface area contributed by atoms with Crippen molar-refractivity contribution in [2.75, 3.05) is 13.7 Å². The van der Waals surface area contributed by atoms with Crippen LogP contribution in [0.15, 0.2) is 27.6 Å². The zero-order chi connectivity index (χ0) is 15.5. The summed E-state index contributed by atoms with van der Waals surface area (Å²) in [5.41, 5.74) is 0. The van der Waals surface area contributed by atoms with Crippen LogP contribution in [0.5, 0.6) is 5.75 Å². The first-order valence-electron chi connectivity index (χ1n) is 7.36. The smallest absolute Gasteiger partial charge is 0.243 e. The molecule has 0 heterocycles. The Labute approximate surface area is 135 Å². The number of halogens is 1. The Morgan fingerprint density at radius 3 is 2.52 bits per heavy atom. The molecule has 1 fully saturated rings. The number of ether oxygens (including phenoxy) is 1. The highest BCUT2D eigenvalue weighted by molar-refractivity contribution is 9.10. The molecule has 1 aliphatic carbocycles. The van der Waals surface area contributed by atoms with Crippen molar-refractivity contribution in [3.8, 4) is 5.75 Å². The zero-order valence-electron chi connectivity index (χ0n) is 12.5. The quantitative estimate of drug-likeness (QED) is 0.785. The lowest BCUT2D eigenvalue weighted by Crippen LogP contribution is -2.41. The normalized spacial score (nSPS) is 17.1. The van der Waals surface area contributed by atoms with Gasteiger partial charge in [0.15, 0.2) is 0 Å². The van der Waals surface area contributed by atoms with Gasteiger partial charge < -0.3 is 4.74 Å². The summed E-state index contributed by atoms with van der Waals surface area (Å²) in [5.74, 6) is 0.538. The summed E-state index contributed by atoms with van der Waals surface area (Å²) in [6.07, 6.45) is 5.35. The topological polar surface area (TPSA) is 46.6 Å². The van der Waals surface area contributed by atoms with Crippen LogP contribution in [0.1, 0.15) is 39.0 Å². The number of benzene rings is 1. The minimum absolute atomic E-state index is 0.128. The van der Waals surface area contributed by atoms with Gasteiger partial charge in [0.1, 0.15) is 5.75 Å². The number of sulfonamides is 1. The fourth-order valence-electron chi connectivity index (χ4n) is 2.93. The largest absolute Gasteiger partial charge is 0.496 e. The second kappa shape index (κ2) is 7.11. The molecule has 21 heavy (non-hydrogen) atoms. The van der Waals surface area contributed by atoms with Gasteiger partial charge >= 0.3 is 0 Å². The number of hydrogen-bond acceptors (Lipinski definition) is 3. The molecular formula is C15H22BrNO3S. The van der Waals surface area contributed by atoms with Gasteiger partial charge in [0, 0.05) is 18.7 Å². The monoisotopic (exact) mass is 375 g/mol. The molecule has 1 aliphatic rings. The third kappa shape index (κ3) is 3.60. The van der Waals surface area contributed by atoms with Gasteiger partial charge in [-0.1, -0.05) is 26.2 Å². The van der Waals surface area contributed by atoms with Crippen molar-refractivity contribution in [2.45, 2.75) is 50.0 Å². The van der Waals surface area contributed by atoms with Crippen LogP contribution in [0.2, 0.25) is 0 Å². The number of hydrogen-bond donors (Lipinski definition) is 0. The van der Waals surface area contributed by atoms with E-state index in [1.165, 1.54) is 13.5 Å². The van der Waals surface area contributed by atoms with Crippen molar-refractivity contribution in [3.05, 3.63) is 22.7 Å². The number of methoxy groups -OCH3 is 1. The molecule has 0 aliphatic heterocycles. The highest BCUT2D eigenvalue weighted by Gasteiger charge is 2.31. The molecule has 0 amide bonds. The fraction of sp³-hybridized carbons (Fsp3) is 0.600. The average molecular weight is 376 g/mol. The summed E-state index contributed by atoms with van der Waals surface area (Å²) in [6, 6.07) is 5.07. The van der Waals surface area contributed by atoms with Crippen molar-refractivity contribution >= 4 is 26.0 Å². The van der Waals surface area contributed by atoms with Crippen LogP contribution in [-0.4, -0.2) is 32.4 Å². The maximum absolute atomic E-state index is 12.9. The van der Waals surface area contributed by atoms with Crippen molar-refractivity contribution in [1.82, 2.24) is 4.31 Å². The third-order valence-corrected chi connectivity index (χ3v) is 6.70. The molecule has 1 aromatic carbocycles. The molecule has 0 atom stereocenters. The second-order valence-corrected chi connectivity index (χ2v) is 8.04. The standard InChI is InChI=1S/C15H22BrNO3S/c1-3-17(12-7-5-4-6-8-12)21(18,19)13-9-10-14(16)15(11-13)20-2/h9-12H,3-8H2,1-2H3. The van der Waals surface area contributed by atoms with E-state index in [9.17, 15) is 8.42 Å². The zero-order valence-corrected chi connectivity index (χ0v) is 14.9. The molecule has 118 valence electrons. The highest BCUT2D eigenvalue weighted by atomic mass is 79.9. The third-order valence-electron chi connectivity index (χ3n) is 4.02. The van der Waals surface area contributed by atoms with Gasteiger partial charge in [-0.25, -0.2) is 8.42 Å². The first-order chi connectivity index (χ1) is 10.0. The van der Waals surface area contributed by atoms with Crippen LogP contribution in [0.25, 0.3) is 0 Å². The van der Waals surface area contributed by atoms with E-state index >= 15 is 0 Å². The maximum atomic E-state index is 12.9. The van der Waals surface area contributed by atoms with Crippen LogP contribution in [0, 0.1) is 0 Å². The Morgan fingerprint density at radius 1 is 1.29 bits per heavy atom. The summed E-state index contributed by atoms with van der Waals surface area (Å²) in [6.45, 7) is 2.41. The Kier molecular flexibility index (Phi) is 5.68. The van der Waals surface area contributed by atoms with Crippen molar-refractivity contribution < 1.29 is 13.2 Å². The van der Waals surface area contributed by atoms with Gasteiger partial charge in [-0.3, -0.25) is 0 Å². The van der Waals surface area contributed by atoms with E-state index in [0.29, 0.717) is 17.2 Å². The highest BCUT2D eigenvalue weighted by Crippen LogP contribution is 2.31. The van der Waals surface area contributed by atoms with Gasteiger partial charge in [0.25, 0.3) is 0 Å². The lowest BCUT2D eigenvalue weighted by Gasteiger charge is -2.32. The van der Waals surface area contributed by atoms with E-state index < -0.39 is 10.0 Å². The Hall–Kier alpha value is -0.590. The molecule has 6 heteroatoms. The van der Waals surface area contributed by atoms with E-state index in [1.54, 1.807) is 22.5 Å². The minimum atomic E-state index is -3.47. The Bertz CT molecular complexity index is 583. The first kappa shape index (κ1) is 16.8. The molecule has 0 spiro atoms. The van der Waals surface area contributed by atoms with E-state index in [0.717, 1.165) is 30.2 Å². The molecule has 2 rings (SSSR count). The SMILES string of the molecule is CCN(C1CCCCC1)S(=O)(=O)c1ccc(Br)c(OC)c1. The van der Waals surface area contributed by atoms with Gasteiger partial charge in [-0.2, -0.15) is 4.31 Å². The van der Waals surface area contributed by atoms with Gasteiger partial charge in [0.2, 0.25) is 10.0 Å². The van der Waals surface area contributed by atoms with E-state index in [1.807, 2.05) is 6.92 Å². The summed E-state index contributed by atoms with van der Waals surface area (Å²) in [4.78, 5) is 0.301. The van der Waals surface area contributed by atoms with Gasteiger partial charge in [-0.15, -0.1) is 0 Å². The first-order valence-corrected chi connectivity index (χ1v) is 9.59. The van der Waals surface area contributed by atoms with Gasteiger partial charge in [-0.05, 0) is 40.9 Å². The van der Waals surface area contributed by atoms with Crippen LogP contribution in [0.3, 0.4) is 0 Å². The fourth-order valence-corrected chi connectivity index (χ4v) is 5.05. The number of rotatable bonds is 5. The summed E-state index contributed by atoms with van der Waals surface area (Å²) in [7, 11) is -1.93. The molecule has 0 aromatic heterocycles. The molecule has 0 saturated heterocycles. The maximum Gasteiger partial charge on any atom is 0.243 e. The predicted octanol–water partition coefficient (Wildman–Crippen LogP) is 3.80. The van der Waals surface area contributed by atoms with Crippen molar-refractivity contribution in [3.63, 3.8) is 0 Å². The van der Waals surface area contributed by atoms with E-state index in [4.69, 9.17) is 4.74 Å². The molecule has 1 aromatic rings. The molecular weight excluding hydrogens is 354 g/mol. The Morgan fingerprint density at radius 2 is 1.95 bits per heavy atom. The van der Waals surface area contributed by atoms with Crippen LogP contribution in [0.4, 0.5) is 0 Å². The molecule has 0 bridgehead atoms.